The van der Waals surface area contributed by atoms with Crippen molar-refractivity contribution in [2.45, 2.75) is 46.3 Å². The molecule has 2 unspecified atom stereocenters. The van der Waals surface area contributed by atoms with Gasteiger partial charge in [0.25, 0.3) is 0 Å². The zero-order chi connectivity index (χ0) is 14.9. The van der Waals surface area contributed by atoms with Gasteiger partial charge in [-0.15, -0.1) is 0 Å². The molecule has 20 heavy (non-hydrogen) atoms. The first-order chi connectivity index (χ1) is 9.40. The van der Waals surface area contributed by atoms with Crippen LogP contribution in [0.1, 0.15) is 31.9 Å². The molecular formula is C15H21N3O2. The second-order valence-electron chi connectivity index (χ2n) is 5.76. The van der Waals surface area contributed by atoms with Gasteiger partial charge in [0.05, 0.1) is 0 Å². The summed E-state index contributed by atoms with van der Waals surface area (Å²) in [4.78, 5) is 30.3. The third-order valence-corrected chi connectivity index (χ3v) is 3.53. The molecule has 0 radical (unpaired) electrons. The molecule has 1 saturated heterocycles. The minimum atomic E-state index is -0.463. The summed E-state index contributed by atoms with van der Waals surface area (Å²) < 4.78 is 0. The van der Waals surface area contributed by atoms with Crippen LogP contribution in [0.2, 0.25) is 0 Å². The lowest BCUT2D eigenvalue weighted by Crippen LogP contribution is -2.63. The van der Waals surface area contributed by atoms with E-state index in [2.05, 4.69) is 10.3 Å². The van der Waals surface area contributed by atoms with E-state index in [4.69, 9.17) is 0 Å². The molecule has 2 atom stereocenters. The van der Waals surface area contributed by atoms with Crippen LogP contribution in [0.4, 0.5) is 0 Å². The Balaban J connectivity index is 2.28. The summed E-state index contributed by atoms with van der Waals surface area (Å²) in [6.45, 7) is 8.01. The minimum absolute atomic E-state index is 0.0372. The van der Waals surface area contributed by atoms with Gasteiger partial charge in [0.15, 0.2) is 0 Å². The quantitative estimate of drug-likeness (QED) is 0.903. The largest absolute Gasteiger partial charge is 0.343 e. The third-order valence-electron chi connectivity index (χ3n) is 3.53. The van der Waals surface area contributed by atoms with Crippen molar-refractivity contribution in [1.29, 1.82) is 0 Å². The van der Waals surface area contributed by atoms with Gasteiger partial charge in [0.1, 0.15) is 12.1 Å². The fourth-order valence-corrected chi connectivity index (χ4v) is 2.63. The van der Waals surface area contributed by atoms with E-state index in [0.717, 1.165) is 11.1 Å². The van der Waals surface area contributed by atoms with Crippen molar-refractivity contribution in [3.63, 3.8) is 0 Å². The highest BCUT2D eigenvalue weighted by Crippen LogP contribution is 2.20. The second-order valence-corrected chi connectivity index (χ2v) is 5.76. The van der Waals surface area contributed by atoms with E-state index in [0.29, 0.717) is 6.54 Å². The van der Waals surface area contributed by atoms with Crippen molar-refractivity contribution in [3.8, 4) is 0 Å². The Labute approximate surface area is 119 Å². The van der Waals surface area contributed by atoms with Crippen LogP contribution in [0.15, 0.2) is 18.5 Å². The average molecular weight is 275 g/mol. The van der Waals surface area contributed by atoms with E-state index in [1.54, 1.807) is 24.2 Å². The Morgan fingerprint density at radius 3 is 2.65 bits per heavy atom. The Kier molecular flexibility index (Phi) is 4.06. The number of carbonyl (C=O) groups excluding carboxylic acids is 2. The lowest BCUT2D eigenvalue weighted by atomic mass is 9.96. The maximum absolute atomic E-state index is 12.4. The number of hydrogen-bond acceptors (Lipinski definition) is 3. The van der Waals surface area contributed by atoms with Crippen LogP contribution in [0, 0.1) is 12.8 Å². The number of amides is 2. The van der Waals surface area contributed by atoms with Crippen molar-refractivity contribution in [3.05, 3.63) is 29.6 Å². The number of nitrogens with zero attached hydrogens (tertiary/aromatic N) is 2. The number of hydrogen-bond donors (Lipinski definition) is 1. The van der Waals surface area contributed by atoms with Crippen molar-refractivity contribution < 1.29 is 9.59 Å². The number of aryl methyl sites for hydroxylation is 1. The van der Waals surface area contributed by atoms with Crippen molar-refractivity contribution in [1.82, 2.24) is 15.2 Å². The van der Waals surface area contributed by atoms with Crippen LogP contribution < -0.4 is 5.32 Å². The molecule has 1 aromatic rings. The maximum atomic E-state index is 12.4. The number of pyridine rings is 1. The lowest BCUT2D eigenvalue weighted by molar-refractivity contribution is -0.151. The molecule has 2 amide bonds. The number of carbonyl (C=O) groups is 2. The summed E-state index contributed by atoms with van der Waals surface area (Å²) in [5, 5.41) is 2.74. The average Bonchev–Trinajstić information content (AvgIpc) is 2.35. The lowest BCUT2D eigenvalue weighted by Gasteiger charge is -2.39. The Morgan fingerprint density at radius 2 is 2.05 bits per heavy atom. The molecule has 1 aliphatic rings. The smallest absolute Gasteiger partial charge is 0.245 e. The van der Waals surface area contributed by atoms with Gasteiger partial charge < -0.3 is 10.2 Å². The van der Waals surface area contributed by atoms with Gasteiger partial charge >= 0.3 is 0 Å². The summed E-state index contributed by atoms with van der Waals surface area (Å²) in [7, 11) is 0. The number of piperazine rings is 1. The van der Waals surface area contributed by atoms with E-state index in [-0.39, 0.29) is 17.7 Å². The van der Waals surface area contributed by atoms with Crippen LogP contribution in [0.3, 0.4) is 0 Å². The van der Waals surface area contributed by atoms with Crippen LogP contribution in [-0.4, -0.2) is 33.8 Å². The summed E-state index contributed by atoms with van der Waals surface area (Å²) >= 11 is 0. The topological polar surface area (TPSA) is 62.3 Å². The predicted octanol–water partition coefficient (Wildman–Crippen LogP) is 1.26. The molecule has 1 fully saturated rings. The summed E-state index contributed by atoms with van der Waals surface area (Å²) in [6, 6.07) is 1.11. The molecule has 2 rings (SSSR count). The Morgan fingerprint density at radius 1 is 1.35 bits per heavy atom. The molecule has 0 aliphatic carbocycles. The van der Waals surface area contributed by atoms with Gasteiger partial charge in [-0.2, -0.15) is 0 Å². The fraction of sp³-hybridized carbons (Fsp3) is 0.533. The second kappa shape index (κ2) is 5.61. The van der Waals surface area contributed by atoms with E-state index >= 15 is 0 Å². The van der Waals surface area contributed by atoms with Gasteiger partial charge in [-0.05, 0) is 30.9 Å². The van der Waals surface area contributed by atoms with Crippen LogP contribution >= 0.6 is 0 Å². The molecule has 108 valence electrons. The van der Waals surface area contributed by atoms with Gasteiger partial charge in [-0.3, -0.25) is 14.6 Å². The van der Waals surface area contributed by atoms with Crippen LogP contribution in [0.25, 0.3) is 0 Å². The molecule has 5 nitrogen and oxygen atoms in total. The standard InChI is InChI=1S/C15H21N3O2/c1-9(2)13-14(19)17-11(4)15(20)18(13)8-12-5-10(3)6-16-7-12/h5-7,9,11,13H,8H2,1-4H3,(H,17,19). The van der Waals surface area contributed by atoms with Crippen LogP contribution in [0.5, 0.6) is 0 Å². The highest BCUT2D eigenvalue weighted by molar-refractivity contribution is 5.96. The van der Waals surface area contributed by atoms with Gasteiger partial charge in [-0.1, -0.05) is 19.9 Å². The predicted molar refractivity (Wildman–Crippen MR) is 75.8 cm³/mol. The van der Waals surface area contributed by atoms with Crippen molar-refractivity contribution >= 4 is 11.8 Å². The van der Waals surface area contributed by atoms with E-state index < -0.39 is 12.1 Å². The molecule has 0 spiro atoms. The maximum Gasteiger partial charge on any atom is 0.245 e. The van der Waals surface area contributed by atoms with E-state index in [9.17, 15) is 9.59 Å². The Bertz CT molecular complexity index is 528. The fourth-order valence-electron chi connectivity index (χ4n) is 2.63. The third kappa shape index (κ3) is 2.81. The normalized spacial score (nSPS) is 23.1. The highest BCUT2D eigenvalue weighted by atomic mass is 16.2. The molecule has 0 saturated carbocycles. The first-order valence-electron chi connectivity index (χ1n) is 6.91. The summed E-state index contributed by atoms with van der Waals surface area (Å²) in [5.74, 6) is -0.0401. The van der Waals surface area contributed by atoms with Gasteiger partial charge in [0.2, 0.25) is 11.8 Å². The molecule has 0 bridgehead atoms. The summed E-state index contributed by atoms with van der Waals surface area (Å²) in [6.07, 6.45) is 3.52. The Hall–Kier alpha value is -1.91. The van der Waals surface area contributed by atoms with E-state index in [1.165, 1.54) is 0 Å². The summed E-state index contributed by atoms with van der Waals surface area (Å²) in [5.41, 5.74) is 2.00. The minimum Gasteiger partial charge on any atom is -0.343 e. The molecule has 5 heteroatoms. The number of rotatable bonds is 3. The highest BCUT2D eigenvalue weighted by Gasteiger charge is 2.40. The van der Waals surface area contributed by atoms with Gasteiger partial charge in [-0.25, -0.2) is 0 Å². The molecule has 1 aliphatic heterocycles. The molecule has 1 aromatic heterocycles. The SMILES string of the molecule is Cc1cncc(CN2C(=O)C(C)NC(=O)C2C(C)C)c1. The first kappa shape index (κ1) is 14.5. The number of aromatic nitrogens is 1. The zero-order valence-corrected chi connectivity index (χ0v) is 12.4. The number of nitrogens with one attached hydrogen (secondary N) is 1. The monoisotopic (exact) mass is 275 g/mol. The first-order valence-corrected chi connectivity index (χ1v) is 6.91. The van der Waals surface area contributed by atoms with E-state index in [1.807, 2.05) is 26.8 Å². The molecule has 2 heterocycles. The molecular weight excluding hydrogens is 254 g/mol. The van der Waals surface area contributed by atoms with Crippen LogP contribution in [-0.2, 0) is 16.1 Å². The van der Waals surface area contributed by atoms with Gasteiger partial charge in [0, 0.05) is 18.9 Å². The van der Waals surface area contributed by atoms with Crippen molar-refractivity contribution in [2.75, 3.05) is 0 Å². The molecule has 0 aromatic carbocycles. The van der Waals surface area contributed by atoms with Crippen molar-refractivity contribution in [2.24, 2.45) is 5.92 Å². The molecule has 1 N–H and O–H groups in total. The zero-order valence-electron chi connectivity index (χ0n) is 12.4.